The van der Waals surface area contributed by atoms with Gasteiger partial charge in [0.2, 0.25) is 0 Å². The first-order chi connectivity index (χ1) is 1.00. The Labute approximate surface area is 86.3 Å². The summed E-state index contributed by atoms with van der Waals surface area (Å²) in [5.41, 5.74) is 0. The van der Waals surface area contributed by atoms with Gasteiger partial charge in [-0.05, 0) is 0 Å². The molecule has 0 aromatic heterocycles. The van der Waals surface area contributed by atoms with Gasteiger partial charge in [-0.25, -0.2) is 0 Å². The second-order valence-corrected chi connectivity index (χ2v) is 0. The van der Waals surface area contributed by atoms with Crippen LogP contribution in [-0.4, -0.2) is 4.66 Å². The number of hydrogen-bond donors (Lipinski definition) is 1. The molecule has 0 aliphatic rings. The fraction of sp³-hybridized carbons (Fsp3) is 0. The average molecular weight is 314 g/mol. The summed E-state index contributed by atoms with van der Waals surface area (Å²) in [4.78, 5) is 0. The summed E-state index contributed by atoms with van der Waals surface area (Å²) in [5, 5.41) is 0. The molecule has 0 radical (unpaired) electrons. The first kappa shape index (κ1) is 26.0. The van der Waals surface area contributed by atoms with E-state index in [4.69, 9.17) is 4.66 Å². The Morgan fingerprint density at radius 1 is 1.40 bits per heavy atom. The topological polar surface area (TPSA) is 20.2 Å². The van der Waals surface area contributed by atoms with E-state index in [1.165, 1.54) is 0 Å². The number of hydrogen-bond acceptors (Lipinski definition) is 1. The van der Waals surface area contributed by atoms with Crippen molar-refractivity contribution in [3.05, 3.63) is 0 Å². The molecule has 0 fully saturated rings. The molecule has 0 amide bonds. The molecule has 1 N–H and O–H groups in total. The zero-order valence-electron chi connectivity index (χ0n) is 3.94. The van der Waals surface area contributed by atoms with Gasteiger partial charge in [0.15, 0.2) is 0 Å². The molecule has 1 nitrogen and oxygen atoms in total. The van der Waals surface area contributed by atoms with Gasteiger partial charge in [0.05, 0.1) is 11.9 Å². The molecular weight excluding hydrogens is 310 g/mol. The van der Waals surface area contributed by atoms with E-state index < -0.39 is 0 Å². The van der Waals surface area contributed by atoms with Crippen LogP contribution in [0.15, 0.2) is 0 Å². The van der Waals surface area contributed by atoms with Crippen molar-refractivity contribution in [3.63, 3.8) is 0 Å². The van der Waals surface area contributed by atoms with Crippen molar-refractivity contribution in [2.75, 3.05) is 0 Å². The Bertz CT molecular complexity index is 13.5. The van der Waals surface area contributed by atoms with Gasteiger partial charge in [0.1, 0.15) is 0 Å². The van der Waals surface area contributed by atoms with Crippen LogP contribution >= 0.6 is 24.3 Å². The molecule has 0 rings (SSSR count). The van der Waals surface area contributed by atoms with E-state index in [0.717, 1.165) is 0 Å². The normalized spacial score (nSPS) is 1.20. The van der Waals surface area contributed by atoms with Crippen molar-refractivity contribution >= 4 is 24.3 Å². The van der Waals surface area contributed by atoms with Gasteiger partial charge in [0, 0.05) is 27.7 Å². The maximum Gasteiger partial charge on any atom is 1.00 e. The summed E-state index contributed by atoms with van der Waals surface area (Å²) >= 11 is 3.64. The average Bonchev–Trinajstić information content (AvgIpc) is 1.00. The Hall–Kier alpha value is 2.48. The van der Waals surface area contributed by atoms with Gasteiger partial charge >= 0.3 is 29.6 Å². The van der Waals surface area contributed by atoms with Crippen molar-refractivity contribution < 1.29 is 63.3 Å². The van der Waals surface area contributed by atoms with E-state index in [0.29, 0.717) is 0 Å². The molecule has 0 spiro atoms. The zero-order valence-corrected chi connectivity index (χ0v) is 12.0. The standard InChI is InChI=1S/ClHO.ClH.Hg.Na.H/c1-2;;;;/h2H;1H;;;/q;;;+1;-1. The fourth-order valence-corrected chi connectivity index (χ4v) is 0. The van der Waals surface area contributed by atoms with Gasteiger partial charge in [-0.1, -0.05) is 0 Å². The van der Waals surface area contributed by atoms with E-state index >= 15 is 0 Å². The van der Waals surface area contributed by atoms with Gasteiger partial charge in [-0.15, -0.1) is 12.4 Å². The summed E-state index contributed by atoms with van der Waals surface area (Å²) < 4.78 is 6.47. The van der Waals surface area contributed by atoms with Gasteiger partial charge in [-0.3, -0.25) is 4.66 Å². The SMILES string of the molecule is Cl.OCl.[H-].[Hg].[Na+]. The Balaban J connectivity index is -0.000000000833. The molecule has 5 heteroatoms. The molecule has 5 heavy (non-hydrogen) atoms. The molecule has 26 valence electrons. The van der Waals surface area contributed by atoms with E-state index in [1.54, 1.807) is 0 Å². The van der Waals surface area contributed by atoms with Gasteiger partial charge < -0.3 is 1.43 Å². The molecule has 0 aromatic rings. The summed E-state index contributed by atoms with van der Waals surface area (Å²) in [6.07, 6.45) is 0. The maximum atomic E-state index is 6.47. The predicted octanol–water partition coefficient (Wildman–Crippen LogP) is -2.33. The van der Waals surface area contributed by atoms with E-state index in [2.05, 4.69) is 11.9 Å². The molecule has 0 atom stereocenters. The van der Waals surface area contributed by atoms with Crippen LogP contribution in [0.2, 0.25) is 0 Å². The zero-order chi connectivity index (χ0) is 2.00. The first-order valence-electron chi connectivity index (χ1n) is 0.169. The van der Waals surface area contributed by atoms with E-state index in [-0.39, 0.29) is 71.1 Å². The Morgan fingerprint density at radius 2 is 1.40 bits per heavy atom. The minimum Gasteiger partial charge on any atom is -1.00 e. The van der Waals surface area contributed by atoms with Crippen LogP contribution < -0.4 is 29.6 Å². The van der Waals surface area contributed by atoms with Crippen LogP contribution in [0, 0.1) is 0 Å². The van der Waals surface area contributed by atoms with Crippen LogP contribution in [0.4, 0.5) is 0 Å². The van der Waals surface area contributed by atoms with Crippen molar-refractivity contribution in [3.8, 4) is 0 Å². The molecule has 0 aliphatic carbocycles. The summed E-state index contributed by atoms with van der Waals surface area (Å²) in [6.45, 7) is 0. The van der Waals surface area contributed by atoms with E-state index in [9.17, 15) is 0 Å². The molecule has 0 aliphatic heterocycles. The predicted molar refractivity (Wildman–Crippen MR) is 16.4 cm³/mol. The number of rotatable bonds is 0. The van der Waals surface area contributed by atoms with Crippen LogP contribution in [0.25, 0.3) is 0 Å². The monoisotopic (exact) mass is 314 g/mol. The molecule has 0 aromatic carbocycles. The second kappa shape index (κ2) is 31.7. The molecule has 0 heterocycles. The van der Waals surface area contributed by atoms with Crippen molar-refractivity contribution in [1.29, 1.82) is 0 Å². The quantitative estimate of drug-likeness (QED) is 0.498. The Morgan fingerprint density at radius 3 is 1.40 bits per heavy atom. The Kier molecular flexibility index (Phi) is 164. The smallest absolute Gasteiger partial charge is 1.00 e. The van der Waals surface area contributed by atoms with Crippen molar-refractivity contribution in [2.24, 2.45) is 0 Å². The van der Waals surface area contributed by atoms with Crippen molar-refractivity contribution in [2.45, 2.75) is 0 Å². The van der Waals surface area contributed by atoms with Crippen LogP contribution in [0.5, 0.6) is 0 Å². The third-order valence-electron chi connectivity index (χ3n) is 0. The maximum absolute atomic E-state index is 6.47. The van der Waals surface area contributed by atoms with Crippen molar-refractivity contribution in [1.82, 2.24) is 0 Å². The summed E-state index contributed by atoms with van der Waals surface area (Å²) in [6, 6.07) is 0. The molecule has 0 saturated carbocycles. The van der Waals surface area contributed by atoms with Gasteiger partial charge in [0.25, 0.3) is 0 Å². The van der Waals surface area contributed by atoms with E-state index in [1.807, 2.05) is 0 Å². The summed E-state index contributed by atoms with van der Waals surface area (Å²) in [7, 11) is 0. The molecule has 0 unspecified atom stereocenters. The summed E-state index contributed by atoms with van der Waals surface area (Å²) in [5.74, 6) is 0. The second-order valence-electron chi connectivity index (χ2n) is 0. The minimum absolute atomic E-state index is 0. The third-order valence-corrected chi connectivity index (χ3v) is 0. The fourth-order valence-electron chi connectivity index (χ4n) is 0. The number of halogens is 2. The molecule has 0 bridgehead atoms. The van der Waals surface area contributed by atoms with Gasteiger partial charge in [-0.2, -0.15) is 0 Å². The molecular formula is H3Cl2HgNaO. The van der Waals surface area contributed by atoms with Crippen LogP contribution in [0.1, 0.15) is 1.43 Å². The van der Waals surface area contributed by atoms with Crippen LogP contribution in [0.3, 0.4) is 0 Å². The first-order valence-corrected chi connectivity index (χ1v) is 0.507. The largest absolute Gasteiger partial charge is 1.00 e. The van der Waals surface area contributed by atoms with Crippen LogP contribution in [-0.2, 0) is 27.7 Å². The molecule has 0 saturated heterocycles. The minimum atomic E-state index is 0. The third kappa shape index (κ3) is 21.2.